The van der Waals surface area contributed by atoms with Crippen LogP contribution in [0.4, 0.5) is 0 Å². The van der Waals surface area contributed by atoms with Gasteiger partial charge in [0.2, 0.25) is 0 Å². The van der Waals surface area contributed by atoms with E-state index in [0.29, 0.717) is 24.4 Å². The van der Waals surface area contributed by atoms with Crippen molar-refractivity contribution in [2.24, 2.45) is 10.7 Å². The van der Waals surface area contributed by atoms with Crippen LogP contribution in [0.3, 0.4) is 0 Å². The Morgan fingerprint density at radius 2 is 1.91 bits per heavy atom. The summed E-state index contributed by atoms with van der Waals surface area (Å²) >= 11 is 0. The topological polar surface area (TPSA) is 81.1 Å². The number of para-hydroxylation sites is 1. The predicted octanol–water partition coefficient (Wildman–Crippen LogP) is 2.39. The molecule has 0 spiro atoms. The van der Waals surface area contributed by atoms with Crippen molar-refractivity contribution in [3.8, 4) is 5.69 Å². The van der Waals surface area contributed by atoms with Gasteiger partial charge in [-0.3, -0.25) is 0 Å². The predicted molar refractivity (Wildman–Crippen MR) is 91.3 cm³/mol. The highest BCUT2D eigenvalue weighted by atomic mass is 15.3. The molecule has 1 aliphatic carbocycles. The molecule has 6 nitrogen and oxygen atoms in total. The van der Waals surface area contributed by atoms with Crippen molar-refractivity contribution in [2.75, 3.05) is 0 Å². The first kappa shape index (κ1) is 15.5. The smallest absolute Gasteiger partial charge is 0.189 e. The molecule has 122 valence electrons. The van der Waals surface area contributed by atoms with Gasteiger partial charge in [-0.25, -0.2) is 14.7 Å². The highest BCUT2D eigenvalue weighted by molar-refractivity contribution is 5.78. The van der Waals surface area contributed by atoms with Crippen LogP contribution in [0, 0.1) is 0 Å². The van der Waals surface area contributed by atoms with Crippen LogP contribution in [-0.4, -0.2) is 26.8 Å². The quantitative estimate of drug-likeness (QED) is 0.516. The molecule has 3 rings (SSSR count). The largest absolute Gasteiger partial charge is 0.370 e. The van der Waals surface area contributed by atoms with E-state index < -0.39 is 0 Å². The lowest BCUT2D eigenvalue weighted by Gasteiger charge is -2.16. The van der Waals surface area contributed by atoms with E-state index in [9.17, 15) is 0 Å². The van der Waals surface area contributed by atoms with Crippen molar-refractivity contribution < 1.29 is 0 Å². The fourth-order valence-corrected chi connectivity index (χ4v) is 2.91. The third-order valence-electron chi connectivity index (χ3n) is 4.16. The molecule has 1 fully saturated rings. The minimum absolute atomic E-state index is 0.394. The average Bonchev–Trinajstić information content (AvgIpc) is 2.91. The summed E-state index contributed by atoms with van der Waals surface area (Å²) in [6.45, 7) is 0.394. The second-order valence-corrected chi connectivity index (χ2v) is 5.98. The average molecular weight is 312 g/mol. The van der Waals surface area contributed by atoms with E-state index in [1.54, 1.807) is 11.0 Å². The number of hydrogen-bond acceptors (Lipinski definition) is 3. The molecule has 1 aromatic heterocycles. The van der Waals surface area contributed by atoms with E-state index in [4.69, 9.17) is 5.73 Å². The molecule has 0 saturated heterocycles. The number of nitrogens with zero attached hydrogens (tertiary/aromatic N) is 4. The molecule has 3 N–H and O–H groups in total. The lowest BCUT2D eigenvalue weighted by molar-refractivity contribution is 0.530. The number of nitrogens with one attached hydrogen (secondary N) is 1. The Bertz CT molecular complexity index is 626. The number of nitrogens with two attached hydrogens (primary N) is 1. The molecule has 1 saturated carbocycles. The van der Waals surface area contributed by atoms with Crippen LogP contribution in [0.1, 0.15) is 44.3 Å². The molecule has 0 bridgehead atoms. The number of guanidine groups is 1. The van der Waals surface area contributed by atoms with Crippen LogP contribution in [0.2, 0.25) is 0 Å². The van der Waals surface area contributed by atoms with Crippen LogP contribution < -0.4 is 11.1 Å². The van der Waals surface area contributed by atoms with Gasteiger partial charge in [0.1, 0.15) is 12.9 Å². The number of hydrogen-bond donors (Lipinski definition) is 2. The van der Waals surface area contributed by atoms with E-state index in [2.05, 4.69) is 20.4 Å². The molecule has 0 unspecified atom stereocenters. The zero-order valence-corrected chi connectivity index (χ0v) is 13.4. The third kappa shape index (κ3) is 4.55. The molecule has 1 aromatic carbocycles. The Kier molecular flexibility index (Phi) is 5.24. The normalized spacial score (nSPS) is 17.0. The van der Waals surface area contributed by atoms with Crippen molar-refractivity contribution in [3.05, 3.63) is 42.5 Å². The van der Waals surface area contributed by atoms with Gasteiger partial charge in [0.25, 0.3) is 0 Å². The monoisotopic (exact) mass is 312 g/mol. The maximum Gasteiger partial charge on any atom is 0.189 e. The van der Waals surface area contributed by atoms with Crippen LogP contribution in [-0.2, 0) is 6.54 Å². The SMILES string of the molecule is NC(=NCc1ncn(-c2ccccc2)n1)NC1CCCCCC1. The van der Waals surface area contributed by atoms with E-state index in [-0.39, 0.29) is 0 Å². The number of benzene rings is 1. The first-order chi connectivity index (χ1) is 11.3. The van der Waals surface area contributed by atoms with E-state index in [1.165, 1.54) is 38.5 Å². The van der Waals surface area contributed by atoms with Crippen molar-refractivity contribution in [1.29, 1.82) is 0 Å². The van der Waals surface area contributed by atoms with Crippen LogP contribution in [0.15, 0.2) is 41.7 Å². The lowest BCUT2D eigenvalue weighted by Crippen LogP contribution is -2.39. The van der Waals surface area contributed by atoms with Crippen molar-refractivity contribution in [3.63, 3.8) is 0 Å². The van der Waals surface area contributed by atoms with E-state index >= 15 is 0 Å². The third-order valence-corrected chi connectivity index (χ3v) is 4.16. The Morgan fingerprint density at radius 1 is 1.17 bits per heavy atom. The minimum atomic E-state index is 0.394. The molecule has 6 heteroatoms. The molecule has 0 atom stereocenters. The molecule has 1 heterocycles. The Hall–Kier alpha value is -2.37. The molecule has 23 heavy (non-hydrogen) atoms. The van der Waals surface area contributed by atoms with Gasteiger partial charge in [0.05, 0.1) is 5.69 Å². The number of aliphatic imine (C=N–C) groups is 1. The molecule has 2 aromatic rings. The zero-order valence-electron chi connectivity index (χ0n) is 13.4. The standard InChI is InChI=1S/C17H24N6/c18-17(21-14-8-4-1-2-5-9-14)19-12-16-20-13-23(22-16)15-10-6-3-7-11-15/h3,6-7,10-11,13-14H,1-2,4-5,8-9,12H2,(H3,18,19,21). The second kappa shape index (κ2) is 7.76. The van der Waals surface area contributed by atoms with Gasteiger partial charge >= 0.3 is 0 Å². The summed E-state index contributed by atoms with van der Waals surface area (Å²) in [4.78, 5) is 8.66. The van der Waals surface area contributed by atoms with Gasteiger partial charge in [-0.1, -0.05) is 43.9 Å². The fourth-order valence-electron chi connectivity index (χ4n) is 2.91. The van der Waals surface area contributed by atoms with Crippen molar-refractivity contribution in [1.82, 2.24) is 20.1 Å². The van der Waals surface area contributed by atoms with Crippen LogP contribution >= 0.6 is 0 Å². The summed E-state index contributed by atoms with van der Waals surface area (Å²) < 4.78 is 1.75. The maximum absolute atomic E-state index is 6.00. The Labute approximate surface area is 136 Å². The van der Waals surface area contributed by atoms with Crippen LogP contribution in [0.5, 0.6) is 0 Å². The molecule has 0 aliphatic heterocycles. The van der Waals surface area contributed by atoms with Crippen molar-refractivity contribution >= 4 is 5.96 Å². The maximum atomic E-state index is 6.00. The number of aromatic nitrogens is 3. The molecule has 0 radical (unpaired) electrons. The summed E-state index contributed by atoms with van der Waals surface area (Å²) in [7, 11) is 0. The summed E-state index contributed by atoms with van der Waals surface area (Å²) in [5.41, 5.74) is 6.98. The second-order valence-electron chi connectivity index (χ2n) is 5.98. The first-order valence-corrected chi connectivity index (χ1v) is 8.34. The zero-order chi connectivity index (χ0) is 15.9. The van der Waals surface area contributed by atoms with Gasteiger partial charge in [0, 0.05) is 6.04 Å². The van der Waals surface area contributed by atoms with Gasteiger partial charge < -0.3 is 11.1 Å². The van der Waals surface area contributed by atoms with Gasteiger partial charge in [-0.15, -0.1) is 5.10 Å². The minimum Gasteiger partial charge on any atom is -0.370 e. The molecule has 1 aliphatic rings. The Morgan fingerprint density at radius 3 is 2.65 bits per heavy atom. The highest BCUT2D eigenvalue weighted by Crippen LogP contribution is 2.16. The van der Waals surface area contributed by atoms with Gasteiger partial charge in [0.15, 0.2) is 11.8 Å². The fraction of sp³-hybridized carbons (Fsp3) is 0.471. The number of rotatable bonds is 4. The van der Waals surface area contributed by atoms with Gasteiger partial charge in [-0.2, -0.15) is 0 Å². The Balaban J connectivity index is 1.55. The van der Waals surface area contributed by atoms with E-state index in [1.807, 2.05) is 30.3 Å². The summed E-state index contributed by atoms with van der Waals surface area (Å²) in [6.07, 6.45) is 9.26. The van der Waals surface area contributed by atoms with Gasteiger partial charge in [-0.05, 0) is 25.0 Å². The highest BCUT2D eigenvalue weighted by Gasteiger charge is 2.12. The molecule has 0 amide bonds. The van der Waals surface area contributed by atoms with Crippen LogP contribution in [0.25, 0.3) is 5.69 Å². The summed E-state index contributed by atoms with van der Waals surface area (Å²) in [6, 6.07) is 10.4. The summed E-state index contributed by atoms with van der Waals surface area (Å²) in [5.74, 6) is 1.16. The molecular formula is C17H24N6. The first-order valence-electron chi connectivity index (χ1n) is 8.34. The van der Waals surface area contributed by atoms with E-state index in [0.717, 1.165) is 5.69 Å². The molecular weight excluding hydrogens is 288 g/mol. The van der Waals surface area contributed by atoms with Crippen molar-refractivity contribution in [2.45, 2.75) is 51.1 Å². The summed E-state index contributed by atoms with van der Waals surface area (Å²) in [5, 5.41) is 7.76. The lowest BCUT2D eigenvalue weighted by atomic mass is 10.1.